The SMILES string of the molecule is CCNCCN1CCc2[nH]c(/C=C3\C(=O)Nc4ccc(F)cc43)c(C)c2C1=O. The molecule has 0 saturated carbocycles. The number of benzene rings is 1. The summed E-state index contributed by atoms with van der Waals surface area (Å²) in [6.45, 7) is 6.89. The molecule has 0 aliphatic carbocycles. The lowest BCUT2D eigenvalue weighted by Gasteiger charge is -2.27. The van der Waals surface area contributed by atoms with Crippen molar-refractivity contribution in [2.45, 2.75) is 20.3 Å². The summed E-state index contributed by atoms with van der Waals surface area (Å²) in [7, 11) is 0. The zero-order valence-corrected chi connectivity index (χ0v) is 16.0. The van der Waals surface area contributed by atoms with Gasteiger partial charge in [-0.1, -0.05) is 6.92 Å². The van der Waals surface area contributed by atoms with Crippen LogP contribution in [0, 0.1) is 12.7 Å². The van der Waals surface area contributed by atoms with Crippen molar-refractivity contribution in [3.8, 4) is 0 Å². The minimum atomic E-state index is -0.393. The minimum Gasteiger partial charge on any atom is -0.358 e. The number of nitrogens with one attached hydrogen (secondary N) is 3. The van der Waals surface area contributed by atoms with Gasteiger partial charge in [-0.3, -0.25) is 9.59 Å². The van der Waals surface area contributed by atoms with Crippen LogP contribution in [0.1, 0.15) is 39.8 Å². The number of aromatic nitrogens is 1. The van der Waals surface area contributed by atoms with Crippen LogP contribution in [0.5, 0.6) is 0 Å². The number of carbonyl (C=O) groups is 2. The highest BCUT2D eigenvalue weighted by Crippen LogP contribution is 2.35. The van der Waals surface area contributed by atoms with Gasteiger partial charge in [0.1, 0.15) is 5.82 Å². The Labute approximate surface area is 162 Å². The van der Waals surface area contributed by atoms with Crippen molar-refractivity contribution in [3.63, 3.8) is 0 Å². The van der Waals surface area contributed by atoms with Crippen molar-refractivity contribution in [3.05, 3.63) is 52.1 Å². The third-order valence-electron chi connectivity index (χ3n) is 5.36. The number of nitrogens with zero attached hydrogens (tertiary/aromatic N) is 1. The first-order valence-electron chi connectivity index (χ1n) is 9.54. The van der Waals surface area contributed by atoms with Gasteiger partial charge in [-0.2, -0.15) is 0 Å². The van der Waals surface area contributed by atoms with Crippen molar-refractivity contribution in [2.24, 2.45) is 0 Å². The summed E-state index contributed by atoms with van der Waals surface area (Å²) < 4.78 is 13.7. The number of hydrogen-bond acceptors (Lipinski definition) is 3. The van der Waals surface area contributed by atoms with Crippen LogP contribution in [-0.4, -0.2) is 47.9 Å². The van der Waals surface area contributed by atoms with E-state index in [1.807, 2.05) is 18.7 Å². The second kappa shape index (κ2) is 7.24. The van der Waals surface area contributed by atoms with E-state index in [0.29, 0.717) is 41.2 Å². The van der Waals surface area contributed by atoms with Crippen molar-refractivity contribution in [1.29, 1.82) is 0 Å². The quantitative estimate of drug-likeness (QED) is 0.549. The van der Waals surface area contributed by atoms with E-state index in [4.69, 9.17) is 0 Å². The highest BCUT2D eigenvalue weighted by molar-refractivity contribution is 6.34. The number of aromatic amines is 1. The Hall–Kier alpha value is -2.93. The average molecular weight is 382 g/mol. The van der Waals surface area contributed by atoms with Gasteiger partial charge in [-0.25, -0.2) is 4.39 Å². The molecule has 2 amide bonds. The Balaban J connectivity index is 1.67. The standard InChI is InChI=1S/C21H23FN4O2/c1-3-23-7-9-26-8-6-17-19(21(26)28)12(2)18(24-17)11-15-14-10-13(22)4-5-16(14)25-20(15)27/h4-5,10-11,23-24H,3,6-9H2,1-2H3,(H,25,27)/b15-11-. The Morgan fingerprint density at radius 2 is 2.14 bits per heavy atom. The maximum absolute atomic E-state index is 13.7. The molecule has 4 rings (SSSR count). The highest BCUT2D eigenvalue weighted by Gasteiger charge is 2.30. The molecule has 0 saturated heterocycles. The number of amides is 2. The number of hydrogen-bond donors (Lipinski definition) is 3. The Kier molecular flexibility index (Phi) is 4.77. The molecule has 146 valence electrons. The lowest BCUT2D eigenvalue weighted by atomic mass is 10.0. The van der Waals surface area contributed by atoms with E-state index in [1.54, 1.807) is 12.1 Å². The van der Waals surface area contributed by atoms with Crippen molar-refractivity contribution >= 4 is 29.2 Å². The molecule has 2 aliphatic heterocycles. The van der Waals surface area contributed by atoms with Crippen LogP contribution in [0.2, 0.25) is 0 Å². The Morgan fingerprint density at radius 3 is 2.93 bits per heavy atom. The molecule has 3 heterocycles. The summed E-state index contributed by atoms with van der Waals surface area (Å²) in [4.78, 5) is 30.4. The Morgan fingerprint density at radius 1 is 1.32 bits per heavy atom. The molecule has 0 radical (unpaired) electrons. The van der Waals surface area contributed by atoms with Crippen LogP contribution in [0.3, 0.4) is 0 Å². The van der Waals surface area contributed by atoms with Crippen LogP contribution in [0.4, 0.5) is 10.1 Å². The third-order valence-corrected chi connectivity index (χ3v) is 5.36. The van der Waals surface area contributed by atoms with Crippen molar-refractivity contribution in [2.75, 3.05) is 31.5 Å². The van der Waals surface area contributed by atoms with Crippen molar-refractivity contribution < 1.29 is 14.0 Å². The van der Waals surface area contributed by atoms with Gasteiger partial charge in [-0.15, -0.1) is 0 Å². The molecule has 1 aromatic heterocycles. The minimum absolute atomic E-state index is 0.0138. The van der Waals surface area contributed by atoms with Gasteiger partial charge >= 0.3 is 0 Å². The number of rotatable bonds is 5. The van der Waals surface area contributed by atoms with E-state index in [1.165, 1.54) is 12.1 Å². The van der Waals surface area contributed by atoms with Gasteiger partial charge in [0.2, 0.25) is 0 Å². The van der Waals surface area contributed by atoms with E-state index in [9.17, 15) is 14.0 Å². The third kappa shape index (κ3) is 3.11. The van der Waals surface area contributed by atoms with E-state index in [-0.39, 0.29) is 11.8 Å². The number of likely N-dealkylation sites (N-methyl/N-ethyl adjacent to an activating group) is 1. The topological polar surface area (TPSA) is 77.2 Å². The first-order chi connectivity index (χ1) is 13.5. The summed E-state index contributed by atoms with van der Waals surface area (Å²) in [6.07, 6.45) is 2.46. The van der Waals surface area contributed by atoms with Crippen LogP contribution >= 0.6 is 0 Å². The molecule has 0 spiro atoms. The monoisotopic (exact) mass is 382 g/mol. The number of fused-ring (bicyclic) bond motifs is 2. The molecule has 0 atom stereocenters. The highest BCUT2D eigenvalue weighted by atomic mass is 19.1. The summed E-state index contributed by atoms with van der Waals surface area (Å²) in [5.41, 5.74) is 4.65. The van der Waals surface area contributed by atoms with Gasteiger partial charge in [0, 0.05) is 48.7 Å². The molecule has 0 fully saturated rings. The second-order valence-electron chi connectivity index (χ2n) is 7.12. The van der Waals surface area contributed by atoms with E-state index in [0.717, 1.165) is 30.8 Å². The van der Waals surface area contributed by atoms with E-state index < -0.39 is 5.82 Å². The molecule has 3 N–H and O–H groups in total. The fourth-order valence-corrected chi connectivity index (χ4v) is 3.86. The number of anilines is 1. The van der Waals surface area contributed by atoms with E-state index >= 15 is 0 Å². The van der Waals surface area contributed by atoms with Gasteiger partial charge in [0.15, 0.2) is 0 Å². The van der Waals surface area contributed by atoms with Gasteiger partial charge in [0.25, 0.3) is 11.8 Å². The van der Waals surface area contributed by atoms with Crippen LogP contribution < -0.4 is 10.6 Å². The smallest absolute Gasteiger partial charge is 0.256 e. The first-order valence-corrected chi connectivity index (χ1v) is 9.54. The molecule has 28 heavy (non-hydrogen) atoms. The molecular formula is C21H23FN4O2. The van der Waals surface area contributed by atoms with Gasteiger partial charge in [0.05, 0.1) is 11.1 Å². The fraction of sp³-hybridized carbons (Fsp3) is 0.333. The summed E-state index contributed by atoms with van der Waals surface area (Å²) in [6, 6.07) is 4.23. The largest absolute Gasteiger partial charge is 0.358 e. The maximum atomic E-state index is 13.7. The summed E-state index contributed by atoms with van der Waals surface area (Å²) >= 11 is 0. The molecule has 6 nitrogen and oxygen atoms in total. The first kappa shape index (κ1) is 18.4. The lowest BCUT2D eigenvalue weighted by Crippen LogP contribution is -2.41. The normalized spacial score (nSPS) is 17.1. The maximum Gasteiger partial charge on any atom is 0.256 e. The molecule has 0 unspecified atom stereocenters. The van der Waals surface area contributed by atoms with Crippen LogP contribution in [0.15, 0.2) is 18.2 Å². The summed E-state index contributed by atoms with van der Waals surface area (Å²) in [5.74, 6) is -0.652. The van der Waals surface area contributed by atoms with Gasteiger partial charge in [-0.05, 0) is 43.3 Å². The number of carbonyl (C=O) groups excluding carboxylic acids is 2. The molecule has 0 bridgehead atoms. The number of H-pyrrole nitrogens is 1. The zero-order chi connectivity index (χ0) is 19.8. The van der Waals surface area contributed by atoms with Gasteiger partial charge < -0.3 is 20.5 Å². The second-order valence-corrected chi connectivity index (χ2v) is 7.12. The Bertz CT molecular complexity index is 993. The van der Waals surface area contributed by atoms with Crippen LogP contribution in [-0.2, 0) is 11.2 Å². The van der Waals surface area contributed by atoms with Crippen molar-refractivity contribution in [1.82, 2.24) is 15.2 Å². The summed E-state index contributed by atoms with van der Waals surface area (Å²) in [5, 5.41) is 5.99. The number of halogens is 1. The molecular weight excluding hydrogens is 359 g/mol. The van der Waals surface area contributed by atoms with Crippen LogP contribution in [0.25, 0.3) is 11.6 Å². The molecule has 7 heteroatoms. The van der Waals surface area contributed by atoms with E-state index in [2.05, 4.69) is 15.6 Å². The average Bonchev–Trinajstić information content (AvgIpc) is 3.15. The zero-order valence-electron chi connectivity index (χ0n) is 16.0. The fourth-order valence-electron chi connectivity index (χ4n) is 3.86. The molecule has 2 aliphatic rings. The predicted octanol–water partition coefficient (Wildman–Crippen LogP) is 2.56. The predicted molar refractivity (Wildman–Crippen MR) is 107 cm³/mol. The molecule has 2 aromatic rings. The molecule has 1 aromatic carbocycles. The lowest BCUT2D eigenvalue weighted by molar-refractivity contribution is -0.110.